The highest BCUT2D eigenvalue weighted by Crippen LogP contribution is 2.25. The minimum atomic E-state index is -0.853. The predicted octanol–water partition coefficient (Wildman–Crippen LogP) is 0.114. The number of oxime groups is 1. The molecule has 1 heterocycles. The van der Waals surface area contributed by atoms with Gasteiger partial charge in [-0.05, 0) is 30.6 Å². The topological polar surface area (TPSA) is 159 Å². The van der Waals surface area contributed by atoms with Crippen molar-refractivity contribution in [2.45, 2.75) is 31.7 Å². The number of amides is 1. The summed E-state index contributed by atoms with van der Waals surface area (Å²) in [6.45, 7) is 0. The summed E-state index contributed by atoms with van der Waals surface area (Å²) in [6.07, 6.45) is 3.68. The molecule has 1 amide bonds. The van der Waals surface area contributed by atoms with Crippen LogP contribution in [0.5, 0.6) is 0 Å². The summed E-state index contributed by atoms with van der Waals surface area (Å²) in [5.41, 5.74) is 0.117. The molecule has 11 nitrogen and oxygen atoms in total. The van der Waals surface area contributed by atoms with Gasteiger partial charge in [-0.1, -0.05) is 10.3 Å². The summed E-state index contributed by atoms with van der Waals surface area (Å²) < 4.78 is 0. The van der Waals surface area contributed by atoms with Crippen LogP contribution in [0, 0.1) is 10.1 Å². The van der Waals surface area contributed by atoms with E-state index in [9.17, 15) is 14.9 Å². The average Bonchev–Trinajstić information content (AvgIpc) is 2.97. The molecule has 0 saturated heterocycles. The van der Waals surface area contributed by atoms with Crippen molar-refractivity contribution >= 4 is 17.6 Å². The smallest absolute Gasteiger partial charge is 0.280 e. The molecule has 0 spiro atoms. The van der Waals surface area contributed by atoms with Gasteiger partial charge in [-0.2, -0.15) is 5.21 Å². The third-order valence-electron chi connectivity index (χ3n) is 3.11. The van der Waals surface area contributed by atoms with Crippen LogP contribution >= 0.6 is 0 Å². The molecule has 1 aromatic rings. The van der Waals surface area contributed by atoms with Crippen LogP contribution < -0.4 is 5.32 Å². The molecule has 0 bridgehead atoms. The van der Waals surface area contributed by atoms with Crippen LogP contribution in [0.2, 0.25) is 0 Å². The van der Waals surface area contributed by atoms with Gasteiger partial charge in [-0.15, -0.1) is 5.10 Å². The van der Waals surface area contributed by atoms with Gasteiger partial charge in [0, 0.05) is 16.9 Å². The highest BCUT2D eigenvalue weighted by molar-refractivity contribution is 6.46. The third kappa shape index (κ3) is 3.58. The van der Waals surface area contributed by atoms with E-state index in [1.165, 1.54) is 6.08 Å². The first-order valence-corrected chi connectivity index (χ1v) is 6.22. The van der Waals surface area contributed by atoms with E-state index < -0.39 is 16.9 Å². The van der Waals surface area contributed by atoms with Crippen LogP contribution in [-0.4, -0.2) is 48.4 Å². The second kappa shape index (κ2) is 6.54. The van der Waals surface area contributed by atoms with Gasteiger partial charge in [-0.25, -0.2) is 0 Å². The van der Waals surface area contributed by atoms with E-state index in [1.54, 1.807) is 0 Å². The molecular formula is C10H13N7O4. The van der Waals surface area contributed by atoms with Crippen molar-refractivity contribution in [3.8, 4) is 0 Å². The largest absolute Gasteiger partial charge is 0.410 e. The highest BCUT2D eigenvalue weighted by atomic mass is 16.6. The quantitative estimate of drug-likeness (QED) is 0.307. The zero-order valence-electron chi connectivity index (χ0n) is 10.9. The number of rotatable bonds is 4. The lowest BCUT2D eigenvalue weighted by atomic mass is 9.89. The Morgan fingerprint density at radius 2 is 2.38 bits per heavy atom. The van der Waals surface area contributed by atoms with E-state index in [-0.39, 0.29) is 11.7 Å². The summed E-state index contributed by atoms with van der Waals surface area (Å²) >= 11 is 0. The minimum Gasteiger partial charge on any atom is -0.410 e. The number of carbonyl (C=O) groups excluding carboxylic acids is 1. The number of nitrogens with zero attached hydrogens (tertiary/aromatic N) is 5. The molecule has 1 atom stereocenters. The fourth-order valence-corrected chi connectivity index (χ4v) is 2.12. The molecule has 1 aromatic heterocycles. The van der Waals surface area contributed by atoms with Gasteiger partial charge in [-0.3, -0.25) is 20.2 Å². The van der Waals surface area contributed by atoms with Crippen LogP contribution in [0.1, 0.15) is 25.7 Å². The Morgan fingerprint density at radius 1 is 1.57 bits per heavy atom. The van der Waals surface area contributed by atoms with E-state index in [4.69, 9.17) is 5.21 Å². The molecule has 1 aliphatic carbocycles. The molecule has 0 aromatic carbocycles. The van der Waals surface area contributed by atoms with E-state index in [0.29, 0.717) is 18.4 Å². The van der Waals surface area contributed by atoms with Crippen LogP contribution in [0.4, 0.5) is 5.95 Å². The van der Waals surface area contributed by atoms with E-state index in [1.807, 2.05) is 0 Å². The molecule has 11 heteroatoms. The van der Waals surface area contributed by atoms with Crippen molar-refractivity contribution in [1.82, 2.24) is 20.6 Å². The van der Waals surface area contributed by atoms with E-state index >= 15 is 0 Å². The summed E-state index contributed by atoms with van der Waals surface area (Å²) in [5.74, 6) is -0.868. The van der Waals surface area contributed by atoms with Crippen molar-refractivity contribution in [1.29, 1.82) is 0 Å². The second-order valence-electron chi connectivity index (χ2n) is 4.44. The Kier molecular flexibility index (Phi) is 4.53. The Balaban J connectivity index is 2.15. The van der Waals surface area contributed by atoms with Gasteiger partial charge in [0.05, 0.1) is 0 Å². The molecule has 2 rings (SSSR count). The molecule has 0 radical (unpaired) electrons. The predicted molar refractivity (Wildman–Crippen MR) is 69.4 cm³/mol. The number of anilines is 1. The molecule has 1 fully saturated rings. The maximum atomic E-state index is 11.9. The summed E-state index contributed by atoms with van der Waals surface area (Å²) in [6, 6.07) is -0.853. The van der Waals surface area contributed by atoms with Crippen molar-refractivity contribution in [3.63, 3.8) is 0 Å². The number of nitrogens with one attached hydrogen (secondary N) is 2. The fraction of sp³-hybridized carbons (Fsp3) is 0.500. The van der Waals surface area contributed by atoms with Crippen molar-refractivity contribution < 1.29 is 14.9 Å². The normalized spacial score (nSPS) is 21.2. The lowest BCUT2D eigenvalue weighted by Gasteiger charge is -2.18. The monoisotopic (exact) mass is 295 g/mol. The SMILES string of the molecule is O=C(Nc1nn[nH]n1)C(/C=C1\CCCCC1[N+](=O)[O-])=N/O. The molecule has 1 aliphatic rings. The standard InChI is InChI=1S/C10H13N7O4/c18-9(11-10-12-15-16-13-10)7(14-19)5-6-3-1-2-4-8(6)17(20)21/h5,8,19H,1-4H2,(H2,11,12,13,15,16,18)/b6-5+,14-7+. The number of hydrogen-bond donors (Lipinski definition) is 3. The number of tetrazole rings is 1. The number of aromatic nitrogens is 4. The molecular weight excluding hydrogens is 282 g/mol. The average molecular weight is 295 g/mol. The maximum Gasteiger partial charge on any atom is 0.280 e. The fourth-order valence-electron chi connectivity index (χ4n) is 2.12. The highest BCUT2D eigenvalue weighted by Gasteiger charge is 2.29. The molecule has 21 heavy (non-hydrogen) atoms. The van der Waals surface area contributed by atoms with Crippen LogP contribution in [-0.2, 0) is 4.79 Å². The summed E-state index contributed by atoms with van der Waals surface area (Å²) in [5, 5.41) is 37.5. The summed E-state index contributed by atoms with van der Waals surface area (Å²) in [4.78, 5) is 22.5. The van der Waals surface area contributed by atoms with E-state index in [2.05, 4.69) is 31.1 Å². The first kappa shape index (κ1) is 14.6. The van der Waals surface area contributed by atoms with Crippen molar-refractivity contribution in [3.05, 3.63) is 21.8 Å². The van der Waals surface area contributed by atoms with Gasteiger partial charge in [0.2, 0.25) is 6.04 Å². The molecule has 3 N–H and O–H groups in total. The van der Waals surface area contributed by atoms with Gasteiger partial charge in [0.15, 0.2) is 5.71 Å². The molecule has 1 unspecified atom stereocenters. The first-order valence-electron chi connectivity index (χ1n) is 6.22. The Labute approximate surface area is 118 Å². The molecule has 1 saturated carbocycles. The van der Waals surface area contributed by atoms with Gasteiger partial charge >= 0.3 is 0 Å². The lowest BCUT2D eigenvalue weighted by Crippen LogP contribution is -2.28. The van der Waals surface area contributed by atoms with Gasteiger partial charge in [0.1, 0.15) is 0 Å². The Bertz CT molecular complexity index is 580. The maximum absolute atomic E-state index is 11.9. The number of nitro groups is 1. The van der Waals surface area contributed by atoms with Crippen LogP contribution in [0.3, 0.4) is 0 Å². The third-order valence-corrected chi connectivity index (χ3v) is 3.11. The number of carbonyl (C=O) groups is 1. The number of H-pyrrole nitrogens is 1. The Morgan fingerprint density at radius 3 is 3.00 bits per heavy atom. The molecule has 112 valence electrons. The minimum absolute atomic E-state index is 0.0889. The lowest BCUT2D eigenvalue weighted by molar-refractivity contribution is -0.514. The molecule has 0 aliphatic heterocycles. The number of hydrogen-bond acceptors (Lipinski definition) is 8. The second-order valence-corrected chi connectivity index (χ2v) is 4.44. The zero-order valence-corrected chi connectivity index (χ0v) is 10.9. The van der Waals surface area contributed by atoms with Crippen molar-refractivity contribution in [2.24, 2.45) is 5.16 Å². The Hall–Kier alpha value is -2.85. The van der Waals surface area contributed by atoms with Crippen LogP contribution in [0.25, 0.3) is 0 Å². The zero-order chi connectivity index (χ0) is 15.2. The van der Waals surface area contributed by atoms with Gasteiger partial charge < -0.3 is 5.21 Å². The van der Waals surface area contributed by atoms with Gasteiger partial charge in [0.25, 0.3) is 11.9 Å². The van der Waals surface area contributed by atoms with Crippen molar-refractivity contribution in [2.75, 3.05) is 5.32 Å². The number of aromatic amines is 1. The van der Waals surface area contributed by atoms with E-state index in [0.717, 1.165) is 12.8 Å². The first-order chi connectivity index (χ1) is 10.1. The van der Waals surface area contributed by atoms with Crippen LogP contribution in [0.15, 0.2) is 16.8 Å². The summed E-state index contributed by atoms with van der Waals surface area (Å²) in [7, 11) is 0.